The summed E-state index contributed by atoms with van der Waals surface area (Å²) in [5, 5.41) is 0.184. The zero-order chi connectivity index (χ0) is 14.0. The number of aryl methyl sites for hydroxylation is 2. The van der Waals surface area contributed by atoms with Gasteiger partial charge in [-0.1, -0.05) is 29.8 Å². The molecule has 1 heterocycles. The van der Waals surface area contributed by atoms with Gasteiger partial charge in [0.2, 0.25) is 0 Å². The van der Waals surface area contributed by atoms with Gasteiger partial charge in [-0.2, -0.15) is 9.97 Å². The van der Waals surface area contributed by atoms with Crippen molar-refractivity contribution in [2.75, 3.05) is 0 Å². The van der Waals surface area contributed by atoms with E-state index in [-0.39, 0.29) is 11.2 Å². The van der Waals surface area contributed by atoms with E-state index in [1.807, 2.05) is 32.0 Å². The van der Waals surface area contributed by atoms with Crippen molar-refractivity contribution in [3.63, 3.8) is 0 Å². The fraction of sp³-hybridized carbons (Fsp3) is 0.154. The first-order chi connectivity index (χ1) is 8.97. The summed E-state index contributed by atoms with van der Waals surface area (Å²) in [6, 6.07) is 7.35. The van der Waals surface area contributed by atoms with E-state index in [0.717, 1.165) is 16.7 Å². The maximum atomic E-state index is 10.7. The van der Waals surface area contributed by atoms with Crippen LogP contribution >= 0.6 is 11.6 Å². The Balaban J connectivity index is 2.56. The van der Waals surface area contributed by atoms with Gasteiger partial charge in [0, 0.05) is 11.6 Å². The van der Waals surface area contributed by atoms with Gasteiger partial charge in [0.1, 0.15) is 5.15 Å². The SMILES string of the molecule is Cc1cccc(C)c1-c1cc(Cl)nc(OC(N)=O)n1. The molecule has 0 unspecified atom stereocenters. The van der Waals surface area contributed by atoms with Crippen LogP contribution in [0, 0.1) is 13.8 Å². The van der Waals surface area contributed by atoms with Crippen LogP contribution in [0.5, 0.6) is 6.01 Å². The molecule has 6 heteroatoms. The molecule has 2 N–H and O–H groups in total. The van der Waals surface area contributed by atoms with Gasteiger partial charge >= 0.3 is 12.1 Å². The summed E-state index contributed by atoms with van der Waals surface area (Å²) in [5.41, 5.74) is 8.54. The van der Waals surface area contributed by atoms with Crippen LogP contribution in [-0.4, -0.2) is 16.1 Å². The predicted octanol–water partition coefficient (Wildman–Crippen LogP) is 2.87. The molecule has 5 nitrogen and oxygen atoms in total. The van der Waals surface area contributed by atoms with Gasteiger partial charge < -0.3 is 10.5 Å². The normalized spacial score (nSPS) is 10.3. The van der Waals surface area contributed by atoms with Crippen molar-refractivity contribution >= 4 is 17.7 Å². The molecule has 1 aromatic carbocycles. The van der Waals surface area contributed by atoms with Crippen molar-refractivity contribution in [3.05, 3.63) is 40.5 Å². The van der Waals surface area contributed by atoms with Gasteiger partial charge in [-0.3, -0.25) is 0 Å². The Hall–Kier alpha value is -2.14. The molecule has 0 fully saturated rings. The molecule has 98 valence electrons. The number of carbonyl (C=O) groups is 1. The molecule has 0 aliphatic heterocycles. The van der Waals surface area contributed by atoms with Crippen LogP contribution < -0.4 is 10.5 Å². The molecule has 0 aliphatic carbocycles. The van der Waals surface area contributed by atoms with E-state index in [0.29, 0.717) is 5.69 Å². The average Bonchev–Trinajstić information content (AvgIpc) is 2.26. The van der Waals surface area contributed by atoms with Crippen molar-refractivity contribution in [1.82, 2.24) is 9.97 Å². The highest BCUT2D eigenvalue weighted by molar-refractivity contribution is 6.29. The molecule has 2 rings (SSSR count). The standard InChI is InChI=1S/C13H12ClN3O2/c1-7-4-3-5-8(2)11(7)9-6-10(14)17-13(16-9)19-12(15)18/h3-6H,1-2H3,(H2,15,18). The lowest BCUT2D eigenvalue weighted by molar-refractivity contribution is 0.207. The van der Waals surface area contributed by atoms with Crippen LogP contribution in [0.4, 0.5) is 4.79 Å². The van der Waals surface area contributed by atoms with E-state index in [4.69, 9.17) is 17.3 Å². The van der Waals surface area contributed by atoms with E-state index in [1.54, 1.807) is 6.07 Å². The van der Waals surface area contributed by atoms with E-state index in [1.165, 1.54) is 0 Å². The Kier molecular flexibility index (Phi) is 3.66. The summed E-state index contributed by atoms with van der Waals surface area (Å²) < 4.78 is 4.67. The van der Waals surface area contributed by atoms with Crippen LogP contribution in [0.15, 0.2) is 24.3 Å². The molecule has 0 aliphatic rings. The fourth-order valence-corrected chi connectivity index (χ4v) is 2.05. The maximum absolute atomic E-state index is 10.7. The first kappa shape index (κ1) is 13.3. The zero-order valence-electron chi connectivity index (χ0n) is 10.5. The van der Waals surface area contributed by atoms with Crippen molar-refractivity contribution in [2.24, 2.45) is 5.73 Å². The molecule has 1 amide bonds. The second-order valence-corrected chi connectivity index (χ2v) is 4.43. The zero-order valence-corrected chi connectivity index (χ0v) is 11.2. The van der Waals surface area contributed by atoms with Crippen LogP contribution in [-0.2, 0) is 0 Å². The monoisotopic (exact) mass is 277 g/mol. The van der Waals surface area contributed by atoms with E-state index in [9.17, 15) is 4.79 Å². The quantitative estimate of drug-likeness (QED) is 0.856. The summed E-state index contributed by atoms with van der Waals surface area (Å²) in [4.78, 5) is 18.7. The molecule has 19 heavy (non-hydrogen) atoms. The third-order valence-corrected chi connectivity index (χ3v) is 2.80. The molecular weight excluding hydrogens is 266 g/mol. The number of primary amides is 1. The van der Waals surface area contributed by atoms with Crippen LogP contribution in [0.1, 0.15) is 11.1 Å². The molecule has 0 saturated heterocycles. The largest absolute Gasteiger partial charge is 0.412 e. The number of halogens is 1. The molecule has 1 aromatic heterocycles. The smallest absolute Gasteiger partial charge is 0.374 e. The number of rotatable bonds is 2. The minimum absolute atomic E-state index is 0.155. The molecule has 0 radical (unpaired) electrons. The lowest BCUT2D eigenvalue weighted by atomic mass is 10.00. The van der Waals surface area contributed by atoms with Gasteiger partial charge in [-0.05, 0) is 25.0 Å². The average molecular weight is 278 g/mol. The van der Waals surface area contributed by atoms with E-state index >= 15 is 0 Å². The van der Waals surface area contributed by atoms with Crippen LogP contribution in [0.25, 0.3) is 11.3 Å². The summed E-state index contributed by atoms with van der Waals surface area (Å²) in [7, 11) is 0. The Morgan fingerprint density at radius 2 is 1.89 bits per heavy atom. The number of hydrogen-bond donors (Lipinski definition) is 1. The lowest BCUT2D eigenvalue weighted by Gasteiger charge is -2.10. The Bertz CT molecular complexity index is 624. The van der Waals surface area contributed by atoms with Crippen molar-refractivity contribution < 1.29 is 9.53 Å². The maximum Gasteiger partial charge on any atom is 0.412 e. The van der Waals surface area contributed by atoms with Crippen LogP contribution in [0.2, 0.25) is 5.15 Å². The number of aromatic nitrogens is 2. The minimum Gasteiger partial charge on any atom is -0.374 e. The summed E-state index contributed by atoms with van der Waals surface area (Å²) in [5.74, 6) is 0. The molecule has 2 aromatic rings. The van der Waals surface area contributed by atoms with Gasteiger partial charge in [0.05, 0.1) is 5.69 Å². The number of nitrogens with zero attached hydrogens (tertiary/aromatic N) is 2. The number of benzene rings is 1. The van der Waals surface area contributed by atoms with Gasteiger partial charge in [0.25, 0.3) is 0 Å². The van der Waals surface area contributed by atoms with Crippen molar-refractivity contribution in [3.8, 4) is 17.3 Å². The summed E-state index contributed by atoms with van der Waals surface area (Å²) in [6.45, 7) is 3.93. The molecular formula is C13H12ClN3O2. The Morgan fingerprint density at radius 1 is 1.26 bits per heavy atom. The lowest BCUT2D eigenvalue weighted by Crippen LogP contribution is -2.18. The predicted molar refractivity (Wildman–Crippen MR) is 72.2 cm³/mol. The second kappa shape index (κ2) is 5.24. The first-order valence-electron chi connectivity index (χ1n) is 5.56. The van der Waals surface area contributed by atoms with Gasteiger partial charge in [0.15, 0.2) is 0 Å². The molecule has 0 saturated carbocycles. The Labute approximate surface area is 115 Å². The van der Waals surface area contributed by atoms with Crippen molar-refractivity contribution in [1.29, 1.82) is 0 Å². The number of ether oxygens (including phenoxy) is 1. The third kappa shape index (κ3) is 3.00. The fourth-order valence-electron chi connectivity index (χ4n) is 1.88. The van der Waals surface area contributed by atoms with E-state index in [2.05, 4.69) is 14.7 Å². The summed E-state index contributed by atoms with van der Waals surface area (Å²) in [6.07, 6.45) is -0.977. The number of carbonyl (C=O) groups excluding carboxylic acids is 1. The van der Waals surface area contributed by atoms with Gasteiger partial charge in [-0.15, -0.1) is 0 Å². The second-order valence-electron chi connectivity index (χ2n) is 4.05. The highest BCUT2D eigenvalue weighted by Crippen LogP contribution is 2.28. The topological polar surface area (TPSA) is 78.1 Å². The Morgan fingerprint density at radius 3 is 2.47 bits per heavy atom. The number of amides is 1. The number of hydrogen-bond acceptors (Lipinski definition) is 4. The molecule has 0 atom stereocenters. The third-order valence-electron chi connectivity index (χ3n) is 2.60. The first-order valence-corrected chi connectivity index (χ1v) is 5.93. The number of nitrogens with two attached hydrogens (primary N) is 1. The van der Waals surface area contributed by atoms with Gasteiger partial charge in [-0.25, -0.2) is 4.79 Å². The molecule has 0 bridgehead atoms. The highest BCUT2D eigenvalue weighted by Gasteiger charge is 2.12. The van der Waals surface area contributed by atoms with Crippen LogP contribution in [0.3, 0.4) is 0 Å². The van der Waals surface area contributed by atoms with Crippen molar-refractivity contribution in [2.45, 2.75) is 13.8 Å². The summed E-state index contributed by atoms with van der Waals surface area (Å²) >= 11 is 5.90. The molecule has 0 spiro atoms. The minimum atomic E-state index is -0.977. The van der Waals surface area contributed by atoms with E-state index < -0.39 is 6.09 Å². The highest BCUT2D eigenvalue weighted by atomic mass is 35.5.